The summed E-state index contributed by atoms with van der Waals surface area (Å²) in [5, 5.41) is 1.13. The third-order valence-corrected chi connectivity index (χ3v) is 0.982. The Balaban J connectivity index is 0. The molecule has 0 bridgehead atoms. The molecule has 0 atom stereocenters. The van der Waals surface area contributed by atoms with Crippen LogP contribution in [0.4, 0.5) is 0 Å². The smallest absolute Gasteiger partial charge is 0.00286 e. The van der Waals surface area contributed by atoms with Gasteiger partial charge >= 0.3 is 0 Å². The summed E-state index contributed by atoms with van der Waals surface area (Å²) in [5.74, 6) is 0. The van der Waals surface area contributed by atoms with E-state index in [9.17, 15) is 0 Å². The summed E-state index contributed by atoms with van der Waals surface area (Å²) in [6.07, 6.45) is 1.24. The van der Waals surface area contributed by atoms with Gasteiger partial charge in [-0.2, -0.15) is 0 Å². The van der Waals surface area contributed by atoms with E-state index in [1.54, 1.807) is 0 Å². The fourth-order valence-corrected chi connectivity index (χ4v) is 0. The SMILES string of the molecule is CCCBr.[Cd]. The first-order valence-corrected chi connectivity index (χ1v) is 2.60. The number of hydrogen-bond acceptors (Lipinski definition) is 0. The molecule has 0 amide bonds. The molecule has 0 rings (SSSR count). The second kappa shape index (κ2) is 9.04. The van der Waals surface area contributed by atoms with Gasteiger partial charge in [-0.15, -0.1) is 0 Å². The predicted molar refractivity (Wildman–Crippen MR) is 24.1 cm³/mol. The van der Waals surface area contributed by atoms with Crippen molar-refractivity contribution in [2.45, 2.75) is 13.3 Å². The molecule has 0 N–H and O–H groups in total. The maximum absolute atomic E-state index is 3.25. The largest absolute Gasteiger partial charge is 0.0928 e. The van der Waals surface area contributed by atoms with Crippen molar-refractivity contribution >= 4 is 15.9 Å². The zero-order valence-electron chi connectivity index (χ0n) is 3.50. The maximum atomic E-state index is 3.25. The molecule has 0 fully saturated rings. The van der Waals surface area contributed by atoms with Crippen LogP contribution >= 0.6 is 15.9 Å². The molecule has 28 valence electrons. The molecule has 2 heteroatoms. The van der Waals surface area contributed by atoms with Crippen LogP contribution in [0.15, 0.2) is 0 Å². The van der Waals surface area contributed by atoms with Crippen LogP contribution in [-0.2, 0) is 27.3 Å². The molecule has 0 aromatic heterocycles. The van der Waals surface area contributed by atoms with Gasteiger partial charge in [0, 0.05) is 32.6 Å². The molecule has 0 aliphatic heterocycles. The van der Waals surface area contributed by atoms with Crippen molar-refractivity contribution < 1.29 is 27.3 Å². The van der Waals surface area contributed by atoms with E-state index in [1.165, 1.54) is 6.42 Å². The van der Waals surface area contributed by atoms with E-state index < -0.39 is 0 Å². The Bertz CT molecular complexity index is 8.85. The van der Waals surface area contributed by atoms with Crippen molar-refractivity contribution in [2.75, 3.05) is 5.33 Å². The molecule has 5 heavy (non-hydrogen) atoms. The van der Waals surface area contributed by atoms with Crippen LogP contribution < -0.4 is 0 Å². The molecular weight excluding hydrogens is 228 g/mol. The fraction of sp³-hybridized carbons (Fsp3) is 1.00. The predicted octanol–water partition coefficient (Wildman–Crippen LogP) is 1.79. The Labute approximate surface area is 61.6 Å². The van der Waals surface area contributed by atoms with Crippen LogP contribution in [-0.4, -0.2) is 5.33 Å². The van der Waals surface area contributed by atoms with Crippen molar-refractivity contribution in [3.63, 3.8) is 0 Å². The van der Waals surface area contributed by atoms with Gasteiger partial charge in [0.05, 0.1) is 0 Å². The zero-order valence-corrected chi connectivity index (χ0v) is 9.12. The van der Waals surface area contributed by atoms with Gasteiger partial charge in [0.25, 0.3) is 0 Å². The van der Waals surface area contributed by atoms with Crippen molar-refractivity contribution in [2.24, 2.45) is 0 Å². The number of halogens is 1. The molecular formula is C3H7BrCd. The van der Waals surface area contributed by atoms with Gasteiger partial charge in [0.1, 0.15) is 0 Å². The van der Waals surface area contributed by atoms with Gasteiger partial charge in [-0.05, 0) is 6.42 Å². The second-order valence-electron chi connectivity index (χ2n) is 0.689. The second-order valence-corrected chi connectivity index (χ2v) is 1.48. The maximum Gasteiger partial charge on any atom is 0.00286 e. The summed E-state index contributed by atoms with van der Waals surface area (Å²) in [7, 11) is 0. The molecule has 0 radical (unpaired) electrons. The Kier molecular flexibility index (Phi) is 17.4. The molecule has 0 aliphatic carbocycles. The van der Waals surface area contributed by atoms with Gasteiger partial charge in [0.2, 0.25) is 0 Å². The Morgan fingerprint density at radius 1 is 1.60 bits per heavy atom. The minimum Gasteiger partial charge on any atom is -0.0928 e. The van der Waals surface area contributed by atoms with Crippen LogP contribution in [0, 0.1) is 0 Å². The topological polar surface area (TPSA) is 0 Å². The van der Waals surface area contributed by atoms with Crippen molar-refractivity contribution in [1.29, 1.82) is 0 Å². The zero-order chi connectivity index (χ0) is 3.41. The number of hydrogen-bond donors (Lipinski definition) is 0. The summed E-state index contributed by atoms with van der Waals surface area (Å²) in [4.78, 5) is 0. The molecule has 0 unspecified atom stereocenters. The van der Waals surface area contributed by atoms with Crippen molar-refractivity contribution in [1.82, 2.24) is 0 Å². The molecule has 0 nitrogen and oxygen atoms in total. The normalized spacial score (nSPS) is 6.00. The van der Waals surface area contributed by atoms with Gasteiger partial charge in [0.15, 0.2) is 0 Å². The summed E-state index contributed by atoms with van der Waals surface area (Å²) < 4.78 is 0. The van der Waals surface area contributed by atoms with Crippen molar-refractivity contribution in [3.8, 4) is 0 Å². The van der Waals surface area contributed by atoms with Gasteiger partial charge in [-0.3, -0.25) is 0 Å². The Morgan fingerprint density at radius 2 is 1.80 bits per heavy atom. The minimum absolute atomic E-state index is 0. The third-order valence-electron chi connectivity index (χ3n) is 0.189. The summed E-state index contributed by atoms with van der Waals surface area (Å²) >= 11 is 3.25. The van der Waals surface area contributed by atoms with E-state index in [0.717, 1.165) is 5.33 Å². The van der Waals surface area contributed by atoms with Gasteiger partial charge < -0.3 is 0 Å². The summed E-state index contributed by atoms with van der Waals surface area (Å²) in [6, 6.07) is 0. The van der Waals surface area contributed by atoms with Gasteiger partial charge in [-0.25, -0.2) is 0 Å². The average molecular weight is 235 g/mol. The van der Waals surface area contributed by atoms with Crippen LogP contribution in [0.5, 0.6) is 0 Å². The Hall–Kier alpha value is 1.40. The van der Waals surface area contributed by atoms with E-state index in [4.69, 9.17) is 0 Å². The van der Waals surface area contributed by atoms with E-state index >= 15 is 0 Å². The first-order chi connectivity index (χ1) is 1.91. The van der Waals surface area contributed by atoms with Crippen LogP contribution in [0.3, 0.4) is 0 Å². The van der Waals surface area contributed by atoms with E-state index in [-0.39, 0.29) is 27.3 Å². The third kappa shape index (κ3) is 10.8. The first kappa shape index (κ1) is 9.64. The summed E-state index contributed by atoms with van der Waals surface area (Å²) in [5.41, 5.74) is 0. The molecule has 0 spiro atoms. The number of rotatable bonds is 1. The number of alkyl halides is 1. The van der Waals surface area contributed by atoms with Crippen LogP contribution in [0.1, 0.15) is 13.3 Å². The Morgan fingerprint density at radius 3 is 1.80 bits per heavy atom. The molecule has 0 saturated carbocycles. The van der Waals surface area contributed by atoms with Crippen molar-refractivity contribution in [3.05, 3.63) is 0 Å². The summed E-state index contributed by atoms with van der Waals surface area (Å²) in [6.45, 7) is 2.13. The average Bonchev–Trinajstić information content (AvgIpc) is 1.37. The fourth-order valence-electron chi connectivity index (χ4n) is 0. The van der Waals surface area contributed by atoms with Crippen LogP contribution in [0.25, 0.3) is 0 Å². The van der Waals surface area contributed by atoms with E-state index in [1.807, 2.05) is 0 Å². The quantitative estimate of drug-likeness (QED) is 0.480. The van der Waals surface area contributed by atoms with Gasteiger partial charge in [-0.1, -0.05) is 22.9 Å². The molecule has 0 aromatic rings. The minimum atomic E-state index is 0. The van der Waals surface area contributed by atoms with Crippen LogP contribution in [0.2, 0.25) is 0 Å². The molecule has 0 saturated heterocycles. The first-order valence-electron chi connectivity index (χ1n) is 1.47. The monoisotopic (exact) mass is 236 g/mol. The molecule has 0 heterocycles. The molecule has 0 aliphatic rings. The molecule has 0 aromatic carbocycles. The van der Waals surface area contributed by atoms with E-state index in [2.05, 4.69) is 22.9 Å². The van der Waals surface area contributed by atoms with E-state index in [0.29, 0.717) is 0 Å². The standard InChI is InChI=1S/C3H7Br.Cd/c1-2-3-4;/h2-3H2,1H3;.